The van der Waals surface area contributed by atoms with E-state index >= 15 is 0 Å². The van der Waals surface area contributed by atoms with Crippen LogP contribution in [0.25, 0.3) is 0 Å². The fraction of sp³-hybridized carbons (Fsp3) is 0. The van der Waals surface area contributed by atoms with Crippen LogP contribution < -0.4 is 67.7 Å². The summed E-state index contributed by atoms with van der Waals surface area (Å²) in [5.74, 6) is 0.299. The number of aromatic hydroxyl groups is 1. The Balaban J connectivity index is -0.00000000646. The first kappa shape index (κ1) is 105. The third-order valence-electron chi connectivity index (χ3n) is 0.827. The molecular formula is C6H38BrN11O. The fourth-order valence-corrected chi connectivity index (χ4v) is 0.705. The monoisotopic (exact) mass is 359 g/mol. The molecule has 1 aromatic rings. The smallest absolute Gasteiger partial charge is 0.115 e. The molecule has 34 N–H and O–H groups in total. The van der Waals surface area contributed by atoms with Crippen molar-refractivity contribution in [2.45, 2.75) is 0 Å². The zero-order chi connectivity index (χ0) is 5.98. The molecule has 130 valence electrons. The second kappa shape index (κ2) is 53.6. The number of phenolic OH excluding ortho intramolecular Hbond substituents is 1. The Morgan fingerprint density at radius 3 is 0.895 bits per heavy atom. The molecule has 0 amide bonds. The minimum absolute atomic E-state index is 0. The van der Waals surface area contributed by atoms with Crippen LogP contribution in [0.4, 0.5) is 0 Å². The van der Waals surface area contributed by atoms with Crippen LogP contribution in [0.3, 0.4) is 0 Å². The third kappa shape index (κ3) is 47.1. The minimum Gasteiger partial charge on any atom is -0.508 e. The molecule has 0 aliphatic heterocycles. The van der Waals surface area contributed by atoms with Gasteiger partial charge in [-0.15, -0.1) is 0 Å². The number of hydrogen-bond acceptors (Lipinski definition) is 12. The van der Waals surface area contributed by atoms with Gasteiger partial charge in [-0.1, -0.05) is 15.9 Å². The molecule has 0 saturated heterocycles. The Bertz CT molecular complexity index is 166. The lowest BCUT2D eigenvalue weighted by molar-refractivity contribution is 0.475. The number of rotatable bonds is 0. The van der Waals surface area contributed by atoms with E-state index in [2.05, 4.69) is 15.9 Å². The Labute approximate surface area is 124 Å². The van der Waals surface area contributed by atoms with Gasteiger partial charge >= 0.3 is 0 Å². The highest BCUT2D eigenvalue weighted by atomic mass is 79.9. The quantitative estimate of drug-likeness (QED) is 0.312. The summed E-state index contributed by atoms with van der Waals surface area (Å²) in [5, 5.41) is 8.74. The van der Waals surface area contributed by atoms with Gasteiger partial charge in [0.05, 0.1) is 0 Å². The summed E-state index contributed by atoms with van der Waals surface area (Å²) in [7, 11) is 0. The second-order valence-corrected chi connectivity index (χ2v) is 2.39. The standard InChI is InChI=1S/C6H5BrO.11H3N/c7-5-1-3-6(8)4-2-5;;;;;;;;;;;/h1-4,8H;11*1H3. The summed E-state index contributed by atoms with van der Waals surface area (Å²) in [6, 6.07) is 6.83. The summed E-state index contributed by atoms with van der Waals surface area (Å²) in [6.45, 7) is 0. The van der Waals surface area contributed by atoms with Crippen molar-refractivity contribution in [2.24, 2.45) is 0 Å². The first-order valence-corrected chi connectivity index (χ1v) is 3.03. The van der Waals surface area contributed by atoms with Crippen LogP contribution in [0.1, 0.15) is 0 Å². The van der Waals surface area contributed by atoms with Gasteiger partial charge in [0.2, 0.25) is 0 Å². The molecule has 0 atom stereocenters. The van der Waals surface area contributed by atoms with Crippen molar-refractivity contribution in [3.63, 3.8) is 0 Å². The zero-order valence-electron chi connectivity index (χ0n) is 11.9. The molecule has 19 heavy (non-hydrogen) atoms. The van der Waals surface area contributed by atoms with Crippen LogP contribution in [0, 0.1) is 0 Å². The maximum absolute atomic E-state index is 8.74. The van der Waals surface area contributed by atoms with Gasteiger partial charge in [0.1, 0.15) is 5.75 Å². The van der Waals surface area contributed by atoms with Crippen molar-refractivity contribution in [3.05, 3.63) is 28.7 Å². The Morgan fingerprint density at radius 2 is 0.737 bits per heavy atom. The average molecular weight is 360 g/mol. The number of hydrogen-bond donors (Lipinski definition) is 12. The van der Waals surface area contributed by atoms with Crippen LogP contribution in [-0.4, -0.2) is 5.11 Å². The molecule has 0 radical (unpaired) electrons. The molecule has 13 heteroatoms. The third-order valence-corrected chi connectivity index (χ3v) is 1.36. The van der Waals surface area contributed by atoms with Crippen LogP contribution in [0.2, 0.25) is 0 Å². The molecule has 0 aliphatic carbocycles. The molecular weight excluding hydrogens is 322 g/mol. The van der Waals surface area contributed by atoms with E-state index in [1.54, 1.807) is 24.3 Å². The lowest BCUT2D eigenvalue weighted by Gasteiger charge is -1.87. The minimum atomic E-state index is 0. The van der Waals surface area contributed by atoms with Crippen LogP contribution in [0.15, 0.2) is 28.7 Å². The van der Waals surface area contributed by atoms with E-state index in [0.717, 1.165) is 4.47 Å². The van der Waals surface area contributed by atoms with Crippen molar-refractivity contribution >= 4 is 15.9 Å². The molecule has 0 spiro atoms. The average Bonchev–Trinajstić information content (AvgIpc) is 1.77. The SMILES string of the molecule is N.N.N.N.N.N.N.N.N.N.N.Oc1ccc(Br)cc1. The number of halogens is 1. The van der Waals surface area contributed by atoms with E-state index in [1.807, 2.05) is 0 Å². The molecule has 0 bridgehead atoms. The summed E-state index contributed by atoms with van der Waals surface area (Å²) in [5.41, 5.74) is 0. The van der Waals surface area contributed by atoms with Crippen LogP contribution in [-0.2, 0) is 0 Å². The van der Waals surface area contributed by atoms with Gasteiger partial charge in [0.15, 0.2) is 0 Å². The van der Waals surface area contributed by atoms with Gasteiger partial charge in [-0.25, -0.2) is 0 Å². The molecule has 12 nitrogen and oxygen atoms in total. The van der Waals surface area contributed by atoms with Crippen molar-refractivity contribution < 1.29 is 5.11 Å². The molecule has 1 aromatic carbocycles. The van der Waals surface area contributed by atoms with Gasteiger partial charge in [-0.2, -0.15) is 0 Å². The Kier molecular flexibility index (Phi) is 298. The molecule has 0 fully saturated rings. The van der Waals surface area contributed by atoms with Gasteiger partial charge in [0, 0.05) is 4.47 Å². The fourth-order valence-electron chi connectivity index (χ4n) is 0.441. The van der Waals surface area contributed by atoms with Crippen molar-refractivity contribution in [2.75, 3.05) is 0 Å². The molecule has 0 heterocycles. The summed E-state index contributed by atoms with van der Waals surface area (Å²) < 4.78 is 0.982. The maximum Gasteiger partial charge on any atom is 0.115 e. The number of phenols is 1. The lowest BCUT2D eigenvalue weighted by Crippen LogP contribution is -1.61. The number of benzene rings is 1. The van der Waals surface area contributed by atoms with Gasteiger partial charge in [-0.3, -0.25) is 0 Å². The van der Waals surface area contributed by atoms with Gasteiger partial charge in [-0.05, 0) is 24.3 Å². The highest BCUT2D eigenvalue weighted by Crippen LogP contribution is 2.13. The Morgan fingerprint density at radius 1 is 0.526 bits per heavy atom. The molecule has 1 rings (SSSR count). The van der Waals surface area contributed by atoms with Crippen molar-refractivity contribution in [1.82, 2.24) is 67.7 Å². The van der Waals surface area contributed by atoms with Gasteiger partial charge in [0.25, 0.3) is 0 Å². The van der Waals surface area contributed by atoms with Crippen molar-refractivity contribution in [1.29, 1.82) is 0 Å². The van der Waals surface area contributed by atoms with E-state index in [4.69, 9.17) is 5.11 Å². The molecule has 0 aromatic heterocycles. The summed E-state index contributed by atoms with van der Waals surface area (Å²) >= 11 is 3.23. The van der Waals surface area contributed by atoms with E-state index in [0.29, 0.717) is 5.75 Å². The summed E-state index contributed by atoms with van der Waals surface area (Å²) in [4.78, 5) is 0. The predicted octanol–water partition coefficient (Wildman–Crippen LogP) is 3.94. The zero-order valence-corrected chi connectivity index (χ0v) is 13.5. The predicted molar refractivity (Wildman–Crippen MR) is 91.0 cm³/mol. The van der Waals surface area contributed by atoms with E-state index < -0.39 is 0 Å². The van der Waals surface area contributed by atoms with E-state index in [1.165, 1.54) is 0 Å². The van der Waals surface area contributed by atoms with E-state index in [9.17, 15) is 0 Å². The van der Waals surface area contributed by atoms with Crippen LogP contribution >= 0.6 is 15.9 Å². The lowest BCUT2D eigenvalue weighted by atomic mass is 10.3. The largest absolute Gasteiger partial charge is 0.508 e. The second-order valence-electron chi connectivity index (χ2n) is 1.48. The highest BCUT2D eigenvalue weighted by molar-refractivity contribution is 9.10. The topological polar surface area (TPSA) is 405 Å². The van der Waals surface area contributed by atoms with Crippen molar-refractivity contribution in [3.8, 4) is 5.75 Å². The maximum atomic E-state index is 8.74. The molecule has 0 aliphatic rings. The first-order valence-electron chi connectivity index (χ1n) is 2.23. The van der Waals surface area contributed by atoms with E-state index in [-0.39, 0.29) is 67.7 Å². The van der Waals surface area contributed by atoms with Gasteiger partial charge < -0.3 is 72.8 Å². The molecule has 0 saturated carbocycles. The first-order chi connectivity index (χ1) is 3.79. The van der Waals surface area contributed by atoms with Crippen LogP contribution in [0.5, 0.6) is 5.75 Å². The molecule has 0 unspecified atom stereocenters. The normalized spacial score (nSPS) is 3.84. The highest BCUT2D eigenvalue weighted by Gasteiger charge is 1.83. The Hall–Kier alpha value is -0.940. The summed E-state index contributed by atoms with van der Waals surface area (Å²) in [6.07, 6.45) is 0.